The van der Waals surface area contributed by atoms with E-state index in [1.54, 1.807) is 18.2 Å². The molecule has 0 bridgehead atoms. The highest BCUT2D eigenvalue weighted by Gasteiger charge is 2.42. The fraction of sp³-hybridized carbons (Fsp3) is 0.444. The number of hydrogen-bond donors (Lipinski definition) is 2. The van der Waals surface area contributed by atoms with Gasteiger partial charge in [-0.25, -0.2) is 0 Å². The number of hydrogen-bond acceptors (Lipinski definition) is 5. The zero-order valence-electron chi connectivity index (χ0n) is 14.1. The molecule has 1 aliphatic carbocycles. The van der Waals surface area contributed by atoms with Gasteiger partial charge in [0.15, 0.2) is 0 Å². The van der Waals surface area contributed by atoms with Gasteiger partial charge in [-0.3, -0.25) is 19.3 Å². The molecule has 7 nitrogen and oxygen atoms in total. The van der Waals surface area contributed by atoms with Crippen molar-refractivity contribution in [3.63, 3.8) is 0 Å². The third-order valence-corrected chi connectivity index (χ3v) is 4.81. The molecule has 1 unspecified atom stereocenters. The number of benzene rings is 1. The quantitative estimate of drug-likeness (QED) is 0.575. The van der Waals surface area contributed by atoms with Crippen LogP contribution in [0.5, 0.6) is 0 Å². The first-order valence-corrected chi connectivity index (χ1v) is 8.50. The lowest BCUT2D eigenvalue weighted by molar-refractivity contribution is -0.124. The maximum atomic E-state index is 12.8. The first-order chi connectivity index (χ1) is 12.1. The van der Waals surface area contributed by atoms with Gasteiger partial charge in [-0.15, -0.1) is 0 Å². The average molecular weight is 343 g/mol. The molecule has 1 fully saturated rings. The summed E-state index contributed by atoms with van der Waals surface area (Å²) in [5.74, 6) is -1.43. The summed E-state index contributed by atoms with van der Waals surface area (Å²) >= 11 is 0. The van der Waals surface area contributed by atoms with E-state index >= 15 is 0 Å². The Labute approximate surface area is 145 Å². The fourth-order valence-electron chi connectivity index (χ4n) is 3.19. The zero-order valence-corrected chi connectivity index (χ0v) is 14.1. The number of amides is 3. The van der Waals surface area contributed by atoms with Crippen LogP contribution in [-0.2, 0) is 9.59 Å². The molecule has 2 aliphatic rings. The second-order valence-corrected chi connectivity index (χ2v) is 6.39. The number of nitrogens with zero attached hydrogens (tertiary/aromatic N) is 1. The number of rotatable bonds is 7. The molecule has 132 valence electrons. The van der Waals surface area contributed by atoms with Gasteiger partial charge < -0.3 is 15.4 Å². The summed E-state index contributed by atoms with van der Waals surface area (Å²) in [6.45, 7) is 0. The van der Waals surface area contributed by atoms with Gasteiger partial charge in [-0.1, -0.05) is 0 Å². The molecule has 7 heteroatoms. The Hall–Kier alpha value is -2.70. The molecule has 25 heavy (non-hydrogen) atoms. The molecule has 2 N–H and O–H groups in total. The highest BCUT2D eigenvalue weighted by atomic mass is 16.2. The minimum Gasteiger partial charge on any atom is -0.382 e. The average Bonchev–Trinajstić information content (AvgIpc) is 2.83. The van der Waals surface area contributed by atoms with Crippen LogP contribution in [-0.4, -0.2) is 48.0 Å². The Morgan fingerprint density at radius 1 is 1.28 bits per heavy atom. The first kappa shape index (κ1) is 17.1. The molecule has 3 rings (SSSR count). The third-order valence-electron chi connectivity index (χ3n) is 4.81. The highest BCUT2D eigenvalue weighted by Crippen LogP contribution is 2.30. The predicted molar refractivity (Wildman–Crippen MR) is 91.4 cm³/mol. The topological polar surface area (TPSA) is 95.6 Å². The summed E-state index contributed by atoms with van der Waals surface area (Å²) in [6, 6.07) is 4.51. The van der Waals surface area contributed by atoms with E-state index in [1.807, 2.05) is 0 Å². The van der Waals surface area contributed by atoms with Gasteiger partial charge in [0.1, 0.15) is 12.3 Å². The van der Waals surface area contributed by atoms with Gasteiger partial charge in [0.2, 0.25) is 5.91 Å². The van der Waals surface area contributed by atoms with Gasteiger partial charge in [-0.05, 0) is 43.9 Å². The molecular formula is C18H21N3O4. The van der Waals surface area contributed by atoms with Crippen molar-refractivity contribution in [2.75, 3.05) is 12.4 Å². The SMILES string of the molecule is CNC(=O)C(CCC=O)N1C(=O)c2ccc(NC3CCC3)cc2C1=O. The molecule has 1 heterocycles. The normalized spacial score (nSPS) is 17.7. The minimum absolute atomic E-state index is 0.0972. The predicted octanol–water partition coefficient (Wildman–Crippen LogP) is 1.34. The van der Waals surface area contributed by atoms with E-state index in [1.165, 1.54) is 13.5 Å². The molecule has 1 atom stereocenters. The Balaban J connectivity index is 1.86. The monoisotopic (exact) mass is 343 g/mol. The van der Waals surface area contributed by atoms with Crippen LogP contribution in [0.4, 0.5) is 5.69 Å². The van der Waals surface area contributed by atoms with Crippen LogP contribution in [0.3, 0.4) is 0 Å². The number of aldehydes is 1. The van der Waals surface area contributed by atoms with Crippen molar-refractivity contribution in [1.82, 2.24) is 10.2 Å². The standard InChI is InChI=1S/C18H21N3O4/c1-19-16(23)15(6-3-9-22)21-17(24)13-8-7-12(10-14(13)18(21)25)20-11-4-2-5-11/h7-11,15,20H,2-6H2,1H3,(H,19,23). The van der Waals surface area contributed by atoms with Crippen molar-refractivity contribution in [2.45, 2.75) is 44.2 Å². The molecule has 0 radical (unpaired) electrons. The number of fused-ring (bicyclic) bond motifs is 1. The Bertz CT molecular complexity index is 727. The molecule has 0 aromatic heterocycles. The van der Waals surface area contributed by atoms with Gasteiger partial charge in [0.05, 0.1) is 11.1 Å². The van der Waals surface area contributed by atoms with Crippen LogP contribution in [0, 0.1) is 0 Å². The van der Waals surface area contributed by atoms with E-state index in [9.17, 15) is 19.2 Å². The Kier molecular flexibility index (Phi) is 4.83. The lowest BCUT2D eigenvalue weighted by Gasteiger charge is -2.27. The third kappa shape index (κ3) is 3.14. The van der Waals surface area contributed by atoms with Crippen molar-refractivity contribution < 1.29 is 19.2 Å². The van der Waals surface area contributed by atoms with Crippen molar-refractivity contribution in [3.8, 4) is 0 Å². The second-order valence-electron chi connectivity index (χ2n) is 6.39. The maximum Gasteiger partial charge on any atom is 0.262 e. The van der Waals surface area contributed by atoms with E-state index in [0.29, 0.717) is 23.5 Å². The van der Waals surface area contributed by atoms with Crippen LogP contribution in [0.1, 0.15) is 52.8 Å². The number of nitrogens with one attached hydrogen (secondary N) is 2. The van der Waals surface area contributed by atoms with E-state index in [-0.39, 0.29) is 12.8 Å². The zero-order chi connectivity index (χ0) is 18.0. The van der Waals surface area contributed by atoms with E-state index in [0.717, 1.165) is 23.4 Å². The lowest BCUT2D eigenvalue weighted by Crippen LogP contribution is -2.48. The maximum absolute atomic E-state index is 12.8. The Morgan fingerprint density at radius 2 is 2.00 bits per heavy atom. The van der Waals surface area contributed by atoms with Crippen LogP contribution in [0.15, 0.2) is 18.2 Å². The van der Waals surface area contributed by atoms with Crippen molar-refractivity contribution in [3.05, 3.63) is 29.3 Å². The summed E-state index contributed by atoms with van der Waals surface area (Å²) in [7, 11) is 1.44. The minimum atomic E-state index is -0.981. The fourth-order valence-corrected chi connectivity index (χ4v) is 3.19. The van der Waals surface area contributed by atoms with Crippen LogP contribution in [0.25, 0.3) is 0 Å². The first-order valence-electron chi connectivity index (χ1n) is 8.50. The molecule has 0 spiro atoms. The summed E-state index contributed by atoms with van der Waals surface area (Å²) in [6.07, 6.45) is 4.27. The summed E-state index contributed by atoms with van der Waals surface area (Å²) in [5, 5.41) is 5.81. The van der Waals surface area contributed by atoms with E-state index in [4.69, 9.17) is 0 Å². The molecule has 1 saturated carbocycles. The lowest BCUT2D eigenvalue weighted by atomic mass is 9.93. The smallest absolute Gasteiger partial charge is 0.262 e. The van der Waals surface area contributed by atoms with Crippen molar-refractivity contribution in [1.29, 1.82) is 0 Å². The van der Waals surface area contributed by atoms with Crippen LogP contribution < -0.4 is 10.6 Å². The van der Waals surface area contributed by atoms with Crippen molar-refractivity contribution >= 4 is 29.7 Å². The largest absolute Gasteiger partial charge is 0.382 e. The molecule has 1 aliphatic heterocycles. The molecule has 1 aromatic carbocycles. The number of likely N-dealkylation sites (N-methyl/N-ethyl adjacent to an activating group) is 1. The molecule has 1 aromatic rings. The van der Waals surface area contributed by atoms with Gasteiger partial charge in [0.25, 0.3) is 11.8 Å². The molecular weight excluding hydrogens is 322 g/mol. The van der Waals surface area contributed by atoms with Gasteiger partial charge in [0, 0.05) is 25.2 Å². The number of carbonyl (C=O) groups excluding carboxylic acids is 4. The number of imide groups is 1. The van der Waals surface area contributed by atoms with Crippen LogP contribution >= 0.6 is 0 Å². The van der Waals surface area contributed by atoms with E-state index in [2.05, 4.69) is 10.6 Å². The summed E-state index contributed by atoms with van der Waals surface area (Å²) in [5.41, 5.74) is 1.40. The summed E-state index contributed by atoms with van der Waals surface area (Å²) in [4.78, 5) is 49.2. The van der Waals surface area contributed by atoms with Gasteiger partial charge in [-0.2, -0.15) is 0 Å². The van der Waals surface area contributed by atoms with E-state index < -0.39 is 23.8 Å². The summed E-state index contributed by atoms with van der Waals surface area (Å²) < 4.78 is 0. The van der Waals surface area contributed by atoms with Crippen LogP contribution in [0.2, 0.25) is 0 Å². The molecule has 0 saturated heterocycles. The number of carbonyl (C=O) groups is 4. The second kappa shape index (κ2) is 7.04. The highest BCUT2D eigenvalue weighted by molar-refractivity contribution is 6.23. The molecule has 3 amide bonds. The number of anilines is 1. The Morgan fingerprint density at radius 3 is 2.60 bits per heavy atom. The van der Waals surface area contributed by atoms with Gasteiger partial charge >= 0.3 is 0 Å². The van der Waals surface area contributed by atoms with Crippen molar-refractivity contribution in [2.24, 2.45) is 0 Å².